The molecule has 0 aromatic carbocycles. The summed E-state index contributed by atoms with van der Waals surface area (Å²) in [5.74, 6) is -1.71. The Labute approximate surface area is 93.6 Å². The molecule has 82 valence electrons. The lowest BCUT2D eigenvalue weighted by atomic mass is 10.1. The number of carboxylic acids is 1. The van der Waals surface area contributed by atoms with Crippen molar-refractivity contribution in [3.63, 3.8) is 0 Å². The molecule has 0 aliphatic rings. The zero-order chi connectivity index (χ0) is 11.6. The van der Waals surface area contributed by atoms with Gasteiger partial charge in [0.05, 0.1) is 11.1 Å². The second kappa shape index (κ2) is 4.72. The smallest absolute Gasteiger partial charge is 0.336 e. The van der Waals surface area contributed by atoms with Crippen LogP contribution in [-0.2, 0) is 5.88 Å². The quantitative estimate of drug-likeness (QED) is 0.667. The maximum absolute atomic E-state index is 12.5. The Morgan fingerprint density at radius 1 is 1.60 bits per heavy atom. The lowest BCUT2D eigenvalue weighted by Crippen LogP contribution is -2.09. The number of aromatic carboxylic acids is 1. The van der Waals surface area contributed by atoms with Crippen LogP contribution in [0.3, 0.4) is 0 Å². The number of aromatic nitrogens is 1. The number of rotatable bonds is 3. The summed E-state index contributed by atoms with van der Waals surface area (Å²) in [6, 6.07) is 0. The average Bonchev–Trinajstić information content (AvgIpc) is 2.16. The topological polar surface area (TPSA) is 50.2 Å². The second-order valence-electron chi connectivity index (χ2n) is 2.60. The molecule has 0 saturated carbocycles. The van der Waals surface area contributed by atoms with E-state index in [1.165, 1.54) is 0 Å². The van der Waals surface area contributed by atoms with E-state index in [2.05, 4.69) is 4.98 Å². The SMILES string of the molecule is O=C(O)c1c(CCl)cnc(Cl)c1C(F)F. The van der Waals surface area contributed by atoms with E-state index in [1.54, 1.807) is 0 Å². The fourth-order valence-electron chi connectivity index (χ4n) is 1.10. The molecule has 7 heteroatoms. The maximum atomic E-state index is 12.5. The third-order valence-electron chi connectivity index (χ3n) is 1.72. The Balaban J connectivity index is 3.51. The molecule has 3 nitrogen and oxygen atoms in total. The molecule has 0 spiro atoms. The molecule has 0 aliphatic carbocycles. The van der Waals surface area contributed by atoms with Crippen LogP contribution in [0.4, 0.5) is 8.78 Å². The Bertz CT molecular complexity index is 398. The number of pyridine rings is 1. The third kappa shape index (κ3) is 2.35. The minimum atomic E-state index is -3.00. The fraction of sp³-hybridized carbons (Fsp3) is 0.250. The third-order valence-corrected chi connectivity index (χ3v) is 2.31. The largest absolute Gasteiger partial charge is 0.478 e. The first-order chi connectivity index (χ1) is 6.99. The first-order valence-corrected chi connectivity index (χ1v) is 4.65. The fourth-order valence-corrected chi connectivity index (χ4v) is 1.53. The molecule has 1 rings (SSSR count). The van der Waals surface area contributed by atoms with Gasteiger partial charge >= 0.3 is 5.97 Å². The number of hydrogen-bond donors (Lipinski definition) is 1. The highest BCUT2D eigenvalue weighted by atomic mass is 35.5. The van der Waals surface area contributed by atoms with Crippen molar-refractivity contribution in [2.45, 2.75) is 12.3 Å². The van der Waals surface area contributed by atoms with Gasteiger partial charge in [-0.05, 0) is 0 Å². The van der Waals surface area contributed by atoms with Crippen LogP contribution in [0.5, 0.6) is 0 Å². The Hall–Kier alpha value is -0.940. The van der Waals surface area contributed by atoms with Crippen LogP contribution in [0.1, 0.15) is 27.9 Å². The van der Waals surface area contributed by atoms with Crippen LogP contribution in [0.2, 0.25) is 5.15 Å². The summed E-state index contributed by atoms with van der Waals surface area (Å²) in [4.78, 5) is 14.2. The monoisotopic (exact) mass is 255 g/mol. The van der Waals surface area contributed by atoms with Gasteiger partial charge in [-0.1, -0.05) is 11.6 Å². The van der Waals surface area contributed by atoms with Gasteiger partial charge in [-0.3, -0.25) is 0 Å². The molecule has 0 bridgehead atoms. The zero-order valence-electron chi connectivity index (χ0n) is 7.18. The van der Waals surface area contributed by atoms with E-state index >= 15 is 0 Å². The van der Waals surface area contributed by atoms with E-state index in [0.717, 1.165) is 6.20 Å². The van der Waals surface area contributed by atoms with E-state index in [9.17, 15) is 13.6 Å². The minimum absolute atomic E-state index is 0.0175. The van der Waals surface area contributed by atoms with Crippen molar-refractivity contribution < 1.29 is 18.7 Å². The molecule has 1 heterocycles. The zero-order valence-corrected chi connectivity index (χ0v) is 8.69. The molecule has 15 heavy (non-hydrogen) atoms. The van der Waals surface area contributed by atoms with Crippen molar-refractivity contribution in [2.24, 2.45) is 0 Å². The van der Waals surface area contributed by atoms with Crippen LogP contribution < -0.4 is 0 Å². The Kier molecular flexibility index (Phi) is 3.82. The molecule has 1 aromatic heterocycles. The van der Waals surface area contributed by atoms with Gasteiger partial charge in [0.15, 0.2) is 0 Å². The summed E-state index contributed by atoms with van der Waals surface area (Å²) in [6.45, 7) is 0. The minimum Gasteiger partial charge on any atom is -0.478 e. The van der Waals surface area contributed by atoms with Gasteiger partial charge in [-0.25, -0.2) is 18.6 Å². The van der Waals surface area contributed by atoms with E-state index < -0.39 is 28.7 Å². The van der Waals surface area contributed by atoms with Gasteiger partial charge in [0, 0.05) is 17.6 Å². The number of alkyl halides is 3. The van der Waals surface area contributed by atoms with Crippen molar-refractivity contribution in [1.82, 2.24) is 4.98 Å². The van der Waals surface area contributed by atoms with Crippen LogP contribution in [-0.4, -0.2) is 16.1 Å². The molecule has 1 N–H and O–H groups in total. The predicted molar refractivity (Wildman–Crippen MR) is 50.7 cm³/mol. The second-order valence-corrected chi connectivity index (χ2v) is 3.23. The molecule has 0 atom stereocenters. The molecule has 0 unspecified atom stereocenters. The van der Waals surface area contributed by atoms with Crippen molar-refractivity contribution in [3.05, 3.63) is 28.0 Å². The molecule has 0 saturated heterocycles. The van der Waals surface area contributed by atoms with Crippen molar-refractivity contribution >= 4 is 29.2 Å². The van der Waals surface area contributed by atoms with Gasteiger partial charge in [0.1, 0.15) is 5.15 Å². The first kappa shape index (κ1) is 12.1. The van der Waals surface area contributed by atoms with Crippen LogP contribution in [0.25, 0.3) is 0 Å². The molecular weight excluding hydrogens is 251 g/mol. The Morgan fingerprint density at radius 3 is 2.60 bits per heavy atom. The lowest BCUT2D eigenvalue weighted by Gasteiger charge is -2.09. The van der Waals surface area contributed by atoms with E-state index in [-0.39, 0.29) is 11.4 Å². The highest BCUT2D eigenvalue weighted by Crippen LogP contribution is 2.31. The van der Waals surface area contributed by atoms with Crippen molar-refractivity contribution in [2.75, 3.05) is 0 Å². The summed E-state index contributed by atoms with van der Waals surface area (Å²) >= 11 is 10.8. The number of carboxylic acid groups (broad SMARTS) is 1. The molecule has 0 aliphatic heterocycles. The van der Waals surface area contributed by atoms with E-state index in [4.69, 9.17) is 28.3 Å². The average molecular weight is 256 g/mol. The van der Waals surface area contributed by atoms with Crippen LogP contribution in [0, 0.1) is 0 Å². The van der Waals surface area contributed by atoms with Gasteiger partial charge < -0.3 is 5.11 Å². The first-order valence-electron chi connectivity index (χ1n) is 3.73. The van der Waals surface area contributed by atoms with Crippen molar-refractivity contribution in [1.29, 1.82) is 0 Å². The summed E-state index contributed by atoms with van der Waals surface area (Å²) in [5.41, 5.74) is -1.34. The van der Waals surface area contributed by atoms with Crippen LogP contribution in [0.15, 0.2) is 6.20 Å². The molecule has 0 amide bonds. The predicted octanol–water partition coefficient (Wildman–Crippen LogP) is 3.11. The standard InChI is InChI=1S/C8H5Cl2F2NO2/c9-1-3-2-13-6(10)5(7(11)12)4(3)8(14)15/h2,7H,1H2,(H,14,15). The van der Waals surface area contributed by atoms with Gasteiger partial charge in [0.2, 0.25) is 0 Å². The van der Waals surface area contributed by atoms with Gasteiger partial charge in [-0.2, -0.15) is 0 Å². The number of hydrogen-bond acceptors (Lipinski definition) is 2. The highest BCUT2D eigenvalue weighted by Gasteiger charge is 2.25. The summed E-state index contributed by atoms with van der Waals surface area (Å²) in [6.07, 6.45) is -1.93. The van der Waals surface area contributed by atoms with Crippen LogP contribution >= 0.6 is 23.2 Å². The lowest BCUT2D eigenvalue weighted by molar-refractivity contribution is 0.0683. The number of carbonyl (C=O) groups is 1. The van der Waals surface area contributed by atoms with Crippen molar-refractivity contribution in [3.8, 4) is 0 Å². The molecule has 1 aromatic rings. The van der Waals surface area contributed by atoms with Gasteiger partial charge in [0.25, 0.3) is 6.43 Å². The summed E-state index contributed by atoms with van der Waals surface area (Å²) in [7, 11) is 0. The molecular formula is C8H5Cl2F2NO2. The summed E-state index contributed by atoms with van der Waals surface area (Å²) in [5, 5.41) is 8.26. The number of nitrogens with zero attached hydrogens (tertiary/aromatic N) is 1. The molecule has 0 radical (unpaired) electrons. The number of halogens is 4. The summed E-state index contributed by atoms with van der Waals surface area (Å²) < 4.78 is 25.1. The van der Waals surface area contributed by atoms with E-state index in [1.807, 2.05) is 0 Å². The van der Waals surface area contributed by atoms with E-state index in [0.29, 0.717) is 0 Å². The highest BCUT2D eigenvalue weighted by molar-refractivity contribution is 6.30. The maximum Gasteiger partial charge on any atom is 0.336 e. The normalized spacial score (nSPS) is 10.7. The Morgan fingerprint density at radius 2 is 2.20 bits per heavy atom. The molecule has 0 fully saturated rings. The van der Waals surface area contributed by atoms with Gasteiger partial charge in [-0.15, -0.1) is 11.6 Å².